The molecule has 0 saturated heterocycles. The molecule has 1 aromatic heterocycles. The molecule has 0 saturated carbocycles. The van der Waals surface area contributed by atoms with Crippen molar-refractivity contribution in [1.82, 2.24) is 9.71 Å². The molecule has 106 valence electrons. The molecule has 0 aliphatic heterocycles. The quantitative estimate of drug-likeness (QED) is 0.844. The summed E-state index contributed by atoms with van der Waals surface area (Å²) in [6.07, 6.45) is 3.26. The number of hydrogen-bond acceptors (Lipinski definition) is 4. The van der Waals surface area contributed by atoms with Crippen molar-refractivity contribution in [2.24, 2.45) is 0 Å². The van der Waals surface area contributed by atoms with E-state index in [2.05, 4.69) is 9.71 Å². The van der Waals surface area contributed by atoms with E-state index in [1.54, 1.807) is 50.5 Å². The lowest BCUT2D eigenvalue weighted by Gasteiger charge is -2.16. The van der Waals surface area contributed by atoms with E-state index in [0.29, 0.717) is 11.3 Å². The fourth-order valence-electron chi connectivity index (χ4n) is 1.92. The van der Waals surface area contributed by atoms with Crippen molar-refractivity contribution < 1.29 is 8.42 Å². The van der Waals surface area contributed by atoms with Crippen LogP contribution in [0.5, 0.6) is 0 Å². The summed E-state index contributed by atoms with van der Waals surface area (Å²) in [6, 6.07) is 8.06. The molecule has 1 heterocycles. The number of anilines is 1. The lowest BCUT2D eigenvalue weighted by atomic mass is 10.1. The van der Waals surface area contributed by atoms with Crippen molar-refractivity contribution in [1.29, 1.82) is 0 Å². The first kappa shape index (κ1) is 14.5. The minimum atomic E-state index is -3.61. The monoisotopic (exact) mass is 291 g/mol. The van der Waals surface area contributed by atoms with E-state index in [1.165, 1.54) is 6.07 Å². The highest BCUT2D eigenvalue weighted by Crippen LogP contribution is 2.21. The maximum Gasteiger partial charge on any atom is 0.241 e. The first-order chi connectivity index (χ1) is 9.40. The molecule has 20 heavy (non-hydrogen) atoms. The zero-order chi connectivity index (χ0) is 14.8. The average Bonchev–Trinajstić information content (AvgIpc) is 2.42. The molecule has 3 N–H and O–H groups in total. The van der Waals surface area contributed by atoms with Crippen molar-refractivity contribution in [3.05, 3.63) is 53.9 Å². The molecular weight excluding hydrogens is 274 g/mol. The number of rotatable bonds is 4. The highest BCUT2D eigenvalue weighted by Gasteiger charge is 2.20. The van der Waals surface area contributed by atoms with Crippen LogP contribution >= 0.6 is 0 Å². The first-order valence-corrected chi connectivity index (χ1v) is 7.67. The van der Waals surface area contributed by atoms with Crippen LogP contribution in [-0.4, -0.2) is 13.4 Å². The summed E-state index contributed by atoms with van der Waals surface area (Å²) in [5.41, 5.74) is 7.60. The summed E-state index contributed by atoms with van der Waals surface area (Å²) in [7, 11) is -3.61. The van der Waals surface area contributed by atoms with Gasteiger partial charge in [-0.3, -0.25) is 4.98 Å². The van der Waals surface area contributed by atoms with Crippen molar-refractivity contribution in [2.45, 2.75) is 24.8 Å². The highest BCUT2D eigenvalue weighted by molar-refractivity contribution is 7.89. The molecule has 1 aromatic carbocycles. The summed E-state index contributed by atoms with van der Waals surface area (Å²) in [5, 5.41) is 0. The summed E-state index contributed by atoms with van der Waals surface area (Å²) in [4.78, 5) is 4.12. The van der Waals surface area contributed by atoms with Crippen LogP contribution in [0.25, 0.3) is 0 Å². The van der Waals surface area contributed by atoms with Gasteiger partial charge in [0.05, 0.1) is 4.90 Å². The number of hydrogen-bond donors (Lipinski definition) is 2. The summed E-state index contributed by atoms with van der Waals surface area (Å²) in [5.74, 6) is 0. The summed E-state index contributed by atoms with van der Waals surface area (Å²) >= 11 is 0. The second-order valence-corrected chi connectivity index (χ2v) is 6.33. The van der Waals surface area contributed by atoms with Crippen LogP contribution in [0.4, 0.5) is 5.69 Å². The first-order valence-electron chi connectivity index (χ1n) is 6.18. The molecule has 1 unspecified atom stereocenters. The fourth-order valence-corrected chi connectivity index (χ4v) is 3.43. The lowest BCUT2D eigenvalue weighted by molar-refractivity contribution is 0.566. The van der Waals surface area contributed by atoms with Gasteiger partial charge in [-0.15, -0.1) is 0 Å². The van der Waals surface area contributed by atoms with Crippen LogP contribution in [0.15, 0.2) is 47.6 Å². The number of nitrogen functional groups attached to an aromatic ring is 1. The smallest absolute Gasteiger partial charge is 0.241 e. The van der Waals surface area contributed by atoms with Gasteiger partial charge < -0.3 is 5.73 Å². The third-order valence-electron chi connectivity index (χ3n) is 3.04. The van der Waals surface area contributed by atoms with Gasteiger partial charge in [-0.05, 0) is 49.2 Å². The molecule has 2 aromatic rings. The Balaban J connectivity index is 2.30. The Morgan fingerprint density at radius 1 is 1.20 bits per heavy atom. The number of nitrogens with one attached hydrogen (secondary N) is 1. The third kappa shape index (κ3) is 3.15. The van der Waals surface area contributed by atoms with Gasteiger partial charge in [-0.25, -0.2) is 13.1 Å². The highest BCUT2D eigenvalue weighted by atomic mass is 32.2. The Bertz CT molecular complexity index is 700. The molecule has 6 heteroatoms. The Labute approximate surface area is 118 Å². The molecule has 0 bridgehead atoms. The lowest BCUT2D eigenvalue weighted by Crippen LogP contribution is -2.27. The van der Waals surface area contributed by atoms with Crippen LogP contribution < -0.4 is 10.5 Å². The number of pyridine rings is 1. The molecule has 0 amide bonds. The topological polar surface area (TPSA) is 85.1 Å². The molecule has 0 aliphatic carbocycles. The fraction of sp³-hybridized carbons (Fsp3) is 0.214. The van der Waals surface area contributed by atoms with Gasteiger partial charge in [-0.1, -0.05) is 6.07 Å². The normalized spacial score (nSPS) is 13.1. The molecule has 5 nitrogen and oxygen atoms in total. The van der Waals surface area contributed by atoms with Gasteiger partial charge in [-0.2, -0.15) is 0 Å². The Hall–Kier alpha value is -1.92. The second kappa shape index (κ2) is 5.60. The van der Waals surface area contributed by atoms with Crippen LogP contribution in [0.3, 0.4) is 0 Å². The number of nitrogens with zero attached hydrogens (tertiary/aromatic N) is 1. The van der Waals surface area contributed by atoms with E-state index in [-0.39, 0.29) is 10.9 Å². The van der Waals surface area contributed by atoms with E-state index >= 15 is 0 Å². The summed E-state index contributed by atoms with van der Waals surface area (Å²) < 4.78 is 27.5. The number of nitrogens with two attached hydrogens (primary N) is 1. The van der Waals surface area contributed by atoms with Crippen molar-refractivity contribution >= 4 is 15.7 Å². The number of benzene rings is 1. The van der Waals surface area contributed by atoms with E-state index in [0.717, 1.165) is 5.56 Å². The van der Waals surface area contributed by atoms with Crippen LogP contribution in [0, 0.1) is 6.92 Å². The minimum absolute atomic E-state index is 0.207. The maximum atomic E-state index is 12.4. The maximum absolute atomic E-state index is 12.4. The zero-order valence-electron chi connectivity index (χ0n) is 11.4. The van der Waals surface area contributed by atoms with Crippen molar-refractivity contribution in [3.8, 4) is 0 Å². The number of sulfonamides is 1. The molecular formula is C14H17N3O2S. The van der Waals surface area contributed by atoms with Crippen LogP contribution in [0.2, 0.25) is 0 Å². The van der Waals surface area contributed by atoms with E-state index < -0.39 is 10.0 Å². The van der Waals surface area contributed by atoms with Gasteiger partial charge in [0.1, 0.15) is 0 Å². The number of aromatic nitrogens is 1. The van der Waals surface area contributed by atoms with E-state index in [9.17, 15) is 8.42 Å². The Kier molecular flexibility index (Phi) is 4.06. The standard InChI is InChI=1S/C14H17N3O2S/c1-10-3-4-13(15)9-14(10)20(18,19)17-11(2)12-5-7-16-8-6-12/h3-9,11,17H,15H2,1-2H3. The van der Waals surface area contributed by atoms with Crippen molar-refractivity contribution in [2.75, 3.05) is 5.73 Å². The zero-order valence-corrected chi connectivity index (χ0v) is 12.2. The van der Waals surface area contributed by atoms with Gasteiger partial charge in [0.25, 0.3) is 0 Å². The second-order valence-electron chi connectivity index (χ2n) is 4.65. The van der Waals surface area contributed by atoms with Crippen molar-refractivity contribution in [3.63, 3.8) is 0 Å². The molecule has 0 spiro atoms. The van der Waals surface area contributed by atoms with E-state index in [4.69, 9.17) is 5.73 Å². The minimum Gasteiger partial charge on any atom is -0.399 e. The summed E-state index contributed by atoms with van der Waals surface area (Å²) in [6.45, 7) is 3.53. The Morgan fingerprint density at radius 2 is 1.85 bits per heavy atom. The molecule has 0 aliphatic rings. The molecule has 2 rings (SSSR count). The number of aryl methyl sites for hydroxylation is 1. The molecule has 0 fully saturated rings. The van der Waals surface area contributed by atoms with Crippen LogP contribution in [0.1, 0.15) is 24.1 Å². The Morgan fingerprint density at radius 3 is 2.50 bits per heavy atom. The predicted molar refractivity (Wildman–Crippen MR) is 78.6 cm³/mol. The van der Waals surface area contributed by atoms with E-state index in [1.807, 2.05) is 0 Å². The predicted octanol–water partition coefficient (Wildman–Crippen LogP) is 2.01. The van der Waals surface area contributed by atoms with Gasteiger partial charge in [0.2, 0.25) is 10.0 Å². The molecule has 0 radical (unpaired) electrons. The average molecular weight is 291 g/mol. The largest absolute Gasteiger partial charge is 0.399 e. The van der Waals surface area contributed by atoms with Gasteiger partial charge >= 0.3 is 0 Å². The SMILES string of the molecule is Cc1ccc(N)cc1S(=O)(=O)NC(C)c1ccncc1. The third-order valence-corrected chi connectivity index (χ3v) is 4.72. The molecule has 1 atom stereocenters. The van der Waals surface area contributed by atoms with Gasteiger partial charge in [0.15, 0.2) is 0 Å². The van der Waals surface area contributed by atoms with Gasteiger partial charge in [0, 0.05) is 24.1 Å². The van der Waals surface area contributed by atoms with Crippen LogP contribution in [-0.2, 0) is 10.0 Å².